The minimum Gasteiger partial charge on any atom is -0.383 e. The van der Waals surface area contributed by atoms with E-state index >= 15 is 0 Å². The molecule has 0 radical (unpaired) electrons. The summed E-state index contributed by atoms with van der Waals surface area (Å²) in [5.74, 6) is 0.374. The first-order chi connectivity index (χ1) is 9.31. The molecule has 0 saturated heterocycles. The maximum Gasteiger partial charge on any atom is 0.240 e. The molecule has 6 heteroatoms. The Bertz CT molecular complexity index is 541. The van der Waals surface area contributed by atoms with Gasteiger partial charge >= 0.3 is 0 Å². The van der Waals surface area contributed by atoms with E-state index < -0.39 is 10.0 Å². The molecule has 2 N–H and O–H groups in total. The van der Waals surface area contributed by atoms with E-state index in [0.717, 1.165) is 11.3 Å². The number of benzene rings is 1. The lowest BCUT2D eigenvalue weighted by Gasteiger charge is -2.24. The molecular weight excluding hydrogens is 276 g/mol. The fourth-order valence-electron chi connectivity index (χ4n) is 1.82. The first kappa shape index (κ1) is 16.9. The Morgan fingerprint density at radius 3 is 2.45 bits per heavy atom. The van der Waals surface area contributed by atoms with Crippen LogP contribution in [0.5, 0.6) is 0 Å². The zero-order valence-electron chi connectivity index (χ0n) is 12.7. The molecule has 1 atom stereocenters. The number of ether oxygens (including phenoxy) is 1. The van der Waals surface area contributed by atoms with Gasteiger partial charge in [0.25, 0.3) is 0 Å². The van der Waals surface area contributed by atoms with E-state index in [0.29, 0.717) is 12.5 Å². The highest BCUT2D eigenvalue weighted by atomic mass is 32.2. The van der Waals surface area contributed by atoms with Gasteiger partial charge in [0.05, 0.1) is 17.5 Å². The quantitative estimate of drug-likeness (QED) is 0.808. The van der Waals surface area contributed by atoms with E-state index in [1.54, 1.807) is 25.3 Å². The van der Waals surface area contributed by atoms with Crippen LogP contribution in [0.15, 0.2) is 23.1 Å². The van der Waals surface area contributed by atoms with Gasteiger partial charge in [-0.3, -0.25) is 0 Å². The van der Waals surface area contributed by atoms with Crippen LogP contribution in [0, 0.1) is 12.8 Å². The molecule has 0 fully saturated rings. The van der Waals surface area contributed by atoms with Crippen molar-refractivity contribution in [3.05, 3.63) is 23.8 Å². The molecule has 0 aromatic heterocycles. The number of rotatable bonds is 7. The molecule has 0 amide bonds. The van der Waals surface area contributed by atoms with Gasteiger partial charge in [-0.15, -0.1) is 0 Å². The SMILES string of the molecule is CNS(=O)(=O)c1ccc(C)c(NC(COC)C(C)C)c1. The normalized spacial score (nSPS) is 13.5. The minimum atomic E-state index is -3.43. The highest BCUT2D eigenvalue weighted by Crippen LogP contribution is 2.22. The van der Waals surface area contributed by atoms with Crippen LogP contribution < -0.4 is 10.0 Å². The zero-order chi connectivity index (χ0) is 15.3. The van der Waals surface area contributed by atoms with Crippen LogP contribution in [0.1, 0.15) is 19.4 Å². The van der Waals surface area contributed by atoms with Crippen molar-refractivity contribution in [1.82, 2.24) is 4.72 Å². The third-order valence-corrected chi connectivity index (χ3v) is 4.69. The Morgan fingerprint density at radius 1 is 1.30 bits per heavy atom. The van der Waals surface area contributed by atoms with Gasteiger partial charge in [-0.1, -0.05) is 19.9 Å². The summed E-state index contributed by atoms with van der Waals surface area (Å²) in [4.78, 5) is 0.257. The van der Waals surface area contributed by atoms with Crippen LogP contribution in [-0.2, 0) is 14.8 Å². The highest BCUT2D eigenvalue weighted by Gasteiger charge is 2.17. The number of hydrogen-bond acceptors (Lipinski definition) is 4. The Kier molecular flexibility index (Phi) is 5.98. The number of aryl methyl sites for hydroxylation is 1. The van der Waals surface area contributed by atoms with Crippen molar-refractivity contribution >= 4 is 15.7 Å². The van der Waals surface area contributed by atoms with E-state index in [1.165, 1.54) is 7.05 Å². The lowest BCUT2D eigenvalue weighted by Crippen LogP contribution is -2.31. The van der Waals surface area contributed by atoms with E-state index in [4.69, 9.17) is 4.74 Å². The van der Waals surface area contributed by atoms with Crippen molar-refractivity contribution in [2.24, 2.45) is 5.92 Å². The number of methoxy groups -OCH3 is 1. The molecule has 0 saturated carbocycles. The van der Waals surface area contributed by atoms with Crippen LogP contribution in [0.2, 0.25) is 0 Å². The van der Waals surface area contributed by atoms with Gasteiger partial charge in [0.2, 0.25) is 10.0 Å². The largest absolute Gasteiger partial charge is 0.383 e. The predicted octanol–water partition coefficient (Wildman–Crippen LogP) is 1.99. The van der Waals surface area contributed by atoms with E-state index in [1.807, 2.05) is 6.92 Å². The average molecular weight is 300 g/mol. The second-order valence-corrected chi connectivity index (χ2v) is 7.02. The van der Waals surface area contributed by atoms with Crippen molar-refractivity contribution < 1.29 is 13.2 Å². The molecule has 0 aliphatic heterocycles. The predicted molar refractivity (Wildman–Crippen MR) is 81.5 cm³/mol. The molecular formula is C14H24N2O3S. The van der Waals surface area contributed by atoms with E-state index in [-0.39, 0.29) is 10.9 Å². The van der Waals surface area contributed by atoms with Crippen molar-refractivity contribution in [3.8, 4) is 0 Å². The van der Waals surface area contributed by atoms with Crippen molar-refractivity contribution in [1.29, 1.82) is 0 Å². The van der Waals surface area contributed by atoms with Gasteiger partial charge < -0.3 is 10.1 Å². The molecule has 114 valence electrons. The Morgan fingerprint density at radius 2 is 1.95 bits per heavy atom. The summed E-state index contributed by atoms with van der Waals surface area (Å²) < 4.78 is 31.2. The lowest BCUT2D eigenvalue weighted by molar-refractivity contribution is 0.171. The highest BCUT2D eigenvalue weighted by molar-refractivity contribution is 7.89. The third-order valence-electron chi connectivity index (χ3n) is 3.28. The van der Waals surface area contributed by atoms with Gasteiger partial charge in [-0.05, 0) is 37.6 Å². The monoisotopic (exact) mass is 300 g/mol. The summed E-state index contributed by atoms with van der Waals surface area (Å²) >= 11 is 0. The van der Waals surface area contributed by atoms with Gasteiger partial charge in [0.15, 0.2) is 0 Å². The summed E-state index contributed by atoms with van der Waals surface area (Å²) in [5, 5.41) is 3.37. The fraction of sp³-hybridized carbons (Fsp3) is 0.571. The summed E-state index contributed by atoms with van der Waals surface area (Å²) in [6, 6.07) is 5.20. The van der Waals surface area contributed by atoms with Crippen molar-refractivity contribution in [2.75, 3.05) is 26.1 Å². The smallest absolute Gasteiger partial charge is 0.240 e. The molecule has 0 bridgehead atoms. The van der Waals surface area contributed by atoms with Crippen molar-refractivity contribution in [2.45, 2.75) is 31.7 Å². The number of hydrogen-bond donors (Lipinski definition) is 2. The van der Waals surface area contributed by atoms with Crippen molar-refractivity contribution in [3.63, 3.8) is 0 Å². The zero-order valence-corrected chi connectivity index (χ0v) is 13.5. The molecule has 0 aliphatic rings. The number of nitrogens with one attached hydrogen (secondary N) is 2. The topological polar surface area (TPSA) is 67.4 Å². The Hall–Kier alpha value is -1.11. The van der Waals surface area contributed by atoms with E-state index in [9.17, 15) is 8.42 Å². The van der Waals surface area contributed by atoms with E-state index in [2.05, 4.69) is 23.9 Å². The number of anilines is 1. The molecule has 1 aromatic carbocycles. The van der Waals surface area contributed by atoms with Gasteiger partial charge in [-0.25, -0.2) is 13.1 Å². The van der Waals surface area contributed by atoms with Crippen LogP contribution in [0.25, 0.3) is 0 Å². The van der Waals surface area contributed by atoms with Crippen LogP contribution in [0.4, 0.5) is 5.69 Å². The second-order valence-electron chi connectivity index (χ2n) is 5.13. The Labute approximate surface area is 121 Å². The summed E-state index contributed by atoms with van der Waals surface area (Å²) in [6.45, 7) is 6.71. The number of sulfonamides is 1. The molecule has 1 rings (SSSR count). The maximum atomic E-state index is 11.8. The Balaban J connectivity index is 3.08. The summed E-state index contributed by atoms with van der Waals surface area (Å²) in [6.07, 6.45) is 0. The van der Waals surface area contributed by atoms with Crippen LogP contribution in [-0.4, -0.2) is 35.2 Å². The van der Waals surface area contributed by atoms with Crippen LogP contribution >= 0.6 is 0 Å². The first-order valence-electron chi connectivity index (χ1n) is 6.61. The summed E-state index contributed by atoms with van der Waals surface area (Å²) in [7, 11) is -0.362. The average Bonchev–Trinajstić information content (AvgIpc) is 2.40. The molecule has 0 heterocycles. The molecule has 5 nitrogen and oxygen atoms in total. The molecule has 0 aliphatic carbocycles. The van der Waals surface area contributed by atoms with Gasteiger partial charge in [0, 0.05) is 12.8 Å². The lowest BCUT2D eigenvalue weighted by atomic mass is 10.0. The molecule has 20 heavy (non-hydrogen) atoms. The maximum absolute atomic E-state index is 11.8. The first-order valence-corrected chi connectivity index (χ1v) is 8.09. The summed E-state index contributed by atoms with van der Waals surface area (Å²) in [5.41, 5.74) is 1.82. The van der Waals surface area contributed by atoms with Gasteiger partial charge in [0.1, 0.15) is 0 Å². The molecule has 1 unspecified atom stereocenters. The van der Waals surface area contributed by atoms with Gasteiger partial charge in [-0.2, -0.15) is 0 Å². The second kappa shape index (κ2) is 7.06. The minimum absolute atomic E-state index is 0.131. The molecule has 0 spiro atoms. The molecule has 1 aromatic rings. The standard InChI is InChI=1S/C14H24N2O3S/c1-10(2)14(9-19-5)16-13-8-12(7-6-11(13)3)20(17,18)15-4/h6-8,10,14-16H,9H2,1-5H3. The van der Waals surface area contributed by atoms with Crippen LogP contribution in [0.3, 0.4) is 0 Å². The third kappa shape index (κ3) is 4.19. The fourth-order valence-corrected chi connectivity index (χ4v) is 2.58.